The lowest BCUT2D eigenvalue weighted by Gasteiger charge is -1.94. The van der Waals surface area contributed by atoms with Crippen LogP contribution in [0.1, 0.15) is 26.6 Å². The molecule has 0 saturated heterocycles. The van der Waals surface area contributed by atoms with E-state index < -0.39 is 0 Å². The Morgan fingerprint density at radius 2 is 1.72 bits per heavy atom. The highest BCUT2D eigenvalue weighted by Crippen LogP contribution is 1.94. The quantitative estimate of drug-likeness (QED) is 0.729. The summed E-state index contributed by atoms with van der Waals surface area (Å²) in [4.78, 5) is 0. The second kappa shape index (κ2) is 6.99. The molecule has 0 aliphatic heterocycles. The molecule has 4 nitrogen and oxygen atoms in total. The fraction of sp³-hybridized carbons (Fsp3) is 0.571. The average Bonchev–Trinajstić information content (AvgIpc) is 2.95. The van der Waals surface area contributed by atoms with E-state index in [-0.39, 0.29) is 0 Å². The molecule has 0 aromatic carbocycles. The topological polar surface area (TPSA) is 17.6 Å². The van der Waals surface area contributed by atoms with Crippen LogP contribution >= 0.6 is 0 Å². The molecule has 0 radical (unpaired) electrons. The van der Waals surface area contributed by atoms with E-state index in [1.54, 1.807) is 0 Å². The predicted molar refractivity (Wildman–Crippen MR) is 71.9 cm³/mol. The molecule has 0 saturated carbocycles. The van der Waals surface area contributed by atoms with Crippen LogP contribution in [-0.2, 0) is 33.6 Å². The second-order valence-corrected chi connectivity index (χ2v) is 4.37. The van der Waals surface area contributed by atoms with Crippen molar-refractivity contribution in [1.29, 1.82) is 0 Å². The fourth-order valence-corrected chi connectivity index (χ4v) is 1.98. The van der Waals surface area contributed by atoms with Crippen LogP contribution in [0.2, 0.25) is 0 Å². The van der Waals surface area contributed by atoms with Gasteiger partial charge in [-0.15, -0.1) is 0 Å². The number of nitrogens with zero attached hydrogens (tertiary/aromatic N) is 4. The Labute approximate surface area is 110 Å². The Kier molecular flexibility index (Phi) is 5.62. The molecule has 2 heterocycles. The zero-order valence-corrected chi connectivity index (χ0v) is 12.3. The number of aromatic nitrogens is 4. The number of hydrogen-bond donors (Lipinski definition) is 0. The van der Waals surface area contributed by atoms with E-state index in [9.17, 15) is 0 Å². The van der Waals surface area contributed by atoms with Crippen molar-refractivity contribution in [3.05, 3.63) is 36.9 Å². The minimum Gasteiger partial charge on any atom is -0.240 e. The fourth-order valence-electron chi connectivity index (χ4n) is 1.98. The summed E-state index contributed by atoms with van der Waals surface area (Å²) in [5.74, 6) is 1.39. The Morgan fingerprint density at radius 1 is 1.00 bits per heavy atom. The van der Waals surface area contributed by atoms with Crippen molar-refractivity contribution in [3.63, 3.8) is 0 Å². The monoisotopic (exact) mass is 250 g/mol. The van der Waals surface area contributed by atoms with Gasteiger partial charge in [0.15, 0.2) is 0 Å². The van der Waals surface area contributed by atoms with Crippen LogP contribution in [0.15, 0.2) is 31.1 Å². The van der Waals surface area contributed by atoms with Crippen molar-refractivity contribution < 1.29 is 9.13 Å². The summed E-state index contributed by atoms with van der Waals surface area (Å²) in [6.45, 7) is 8.60. The van der Waals surface area contributed by atoms with Crippen molar-refractivity contribution >= 4 is 0 Å². The Hall–Kier alpha value is -1.58. The van der Waals surface area contributed by atoms with Gasteiger partial charge in [-0.2, -0.15) is 0 Å². The molecule has 2 aromatic heterocycles. The summed E-state index contributed by atoms with van der Waals surface area (Å²) in [6, 6.07) is 0. The number of rotatable bonds is 3. The Bertz CT molecular complexity index is 468. The van der Waals surface area contributed by atoms with E-state index in [1.807, 2.05) is 17.8 Å². The molecule has 0 spiro atoms. The molecular weight excluding hydrogens is 224 g/mol. The number of hydrogen-bond acceptors (Lipinski definition) is 0. The summed E-state index contributed by atoms with van der Waals surface area (Å²) >= 11 is 0. The SMILES string of the molecule is CCc1n(CC)cc[n+]1C.CCn1cc[n+](C)c1. The van der Waals surface area contributed by atoms with Crippen molar-refractivity contribution in [2.24, 2.45) is 14.1 Å². The zero-order chi connectivity index (χ0) is 13.5. The zero-order valence-electron chi connectivity index (χ0n) is 12.3. The highest BCUT2D eigenvalue weighted by Gasteiger charge is 2.08. The highest BCUT2D eigenvalue weighted by molar-refractivity contribution is 4.81. The van der Waals surface area contributed by atoms with Gasteiger partial charge in [0, 0.05) is 6.42 Å². The minimum absolute atomic E-state index is 1.06. The van der Waals surface area contributed by atoms with Crippen LogP contribution in [0.25, 0.3) is 0 Å². The van der Waals surface area contributed by atoms with Gasteiger partial charge in [-0.1, -0.05) is 6.92 Å². The summed E-state index contributed by atoms with van der Waals surface area (Å²) in [5.41, 5.74) is 0. The van der Waals surface area contributed by atoms with Crippen LogP contribution in [0.3, 0.4) is 0 Å². The first-order chi connectivity index (χ1) is 8.62. The van der Waals surface area contributed by atoms with Gasteiger partial charge in [0.05, 0.1) is 27.2 Å². The molecule has 0 atom stereocenters. The van der Waals surface area contributed by atoms with E-state index in [1.165, 1.54) is 5.82 Å². The summed E-state index contributed by atoms with van der Waals surface area (Å²) in [6.07, 6.45) is 11.5. The lowest BCUT2D eigenvalue weighted by molar-refractivity contribution is -0.678. The smallest absolute Gasteiger partial charge is 0.240 e. The molecule has 0 aliphatic carbocycles. The van der Waals surface area contributed by atoms with Crippen molar-refractivity contribution in [2.45, 2.75) is 40.3 Å². The normalized spacial score (nSPS) is 10.1. The van der Waals surface area contributed by atoms with Crippen LogP contribution in [0, 0.1) is 0 Å². The van der Waals surface area contributed by atoms with E-state index in [0.29, 0.717) is 0 Å². The van der Waals surface area contributed by atoms with E-state index in [4.69, 9.17) is 0 Å². The third-order valence-corrected chi connectivity index (χ3v) is 3.05. The highest BCUT2D eigenvalue weighted by atomic mass is 15.1. The lowest BCUT2D eigenvalue weighted by atomic mass is 10.4. The van der Waals surface area contributed by atoms with E-state index in [2.05, 4.69) is 66.4 Å². The average molecular weight is 250 g/mol. The molecule has 0 bridgehead atoms. The maximum atomic E-state index is 2.26. The molecule has 2 aromatic rings. The standard InChI is InChI=1S/C8H15N2.C6H11N2/c1-4-8-9(3)6-7-10(8)5-2;1-3-8-5-4-7(2)6-8/h6-7H,4-5H2,1-3H3;4-6H,3H2,1-2H3/q2*+1. The van der Waals surface area contributed by atoms with Crippen LogP contribution in [0.4, 0.5) is 0 Å². The summed E-state index contributed by atoms with van der Waals surface area (Å²) < 4.78 is 8.59. The first kappa shape index (κ1) is 14.5. The first-order valence-corrected chi connectivity index (χ1v) is 6.66. The Morgan fingerprint density at radius 3 is 2.06 bits per heavy atom. The molecule has 0 amide bonds. The molecule has 18 heavy (non-hydrogen) atoms. The maximum absolute atomic E-state index is 2.26. The lowest BCUT2D eigenvalue weighted by Crippen LogP contribution is -2.31. The first-order valence-electron chi connectivity index (χ1n) is 6.66. The molecule has 2 rings (SSSR count). The molecule has 0 N–H and O–H groups in total. The predicted octanol–water partition coefficient (Wildman–Crippen LogP) is 1.23. The van der Waals surface area contributed by atoms with Crippen molar-refractivity contribution in [2.75, 3.05) is 0 Å². The molecule has 0 unspecified atom stereocenters. The molecule has 0 aliphatic rings. The van der Waals surface area contributed by atoms with Gasteiger partial charge in [-0.05, 0) is 13.8 Å². The van der Waals surface area contributed by atoms with Gasteiger partial charge in [0.1, 0.15) is 24.8 Å². The van der Waals surface area contributed by atoms with Crippen LogP contribution in [-0.4, -0.2) is 9.13 Å². The van der Waals surface area contributed by atoms with Gasteiger partial charge in [-0.25, -0.2) is 18.3 Å². The van der Waals surface area contributed by atoms with Gasteiger partial charge in [-0.3, -0.25) is 0 Å². The molecule has 4 heteroatoms. The minimum atomic E-state index is 1.06. The van der Waals surface area contributed by atoms with Crippen LogP contribution < -0.4 is 9.13 Å². The molecule has 0 fully saturated rings. The van der Waals surface area contributed by atoms with Crippen molar-refractivity contribution in [1.82, 2.24) is 9.13 Å². The largest absolute Gasteiger partial charge is 0.255 e. The van der Waals surface area contributed by atoms with E-state index in [0.717, 1.165) is 19.5 Å². The third-order valence-electron chi connectivity index (χ3n) is 3.05. The summed E-state index contributed by atoms with van der Waals surface area (Å²) in [7, 11) is 4.11. The molecule has 100 valence electrons. The number of imidazole rings is 2. The van der Waals surface area contributed by atoms with Crippen molar-refractivity contribution in [3.8, 4) is 0 Å². The summed E-state index contributed by atoms with van der Waals surface area (Å²) in [5, 5.41) is 0. The van der Waals surface area contributed by atoms with Gasteiger partial charge in [0.2, 0.25) is 6.33 Å². The number of aryl methyl sites for hydroxylation is 4. The van der Waals surface area contributed by atoms with E-state index >= 15 is 0 Å². The Balaban J connectivity index is 0.000000184. The third kappa shape index (κ3) is 3.72. The molecular formula is C14H26N4+2. The van der Waals surface area contributed by atoms with Gasteiger partial charge in [0.25, 0.3) is 5.82 Å². The van der Waals surface area contributed by atoms with Gasteiger partial charge < -0.3 is 0 Å². The van der Waals surface area contributed by atoms with Gasteiger partial charge >= 0.3 is 0 Å². The van der Waals surface area contributed by atoms with Crippen LogP contribution in [0.5, 0.6) is 0 Å². The maximum Gasteiger partial charge on any atom is 0.255 e. The second-order valence-electron chi connectivity index (χ2n) is 4.37.